The molecule has 35 heavy (non-hydrogen) atoms. The van der Waals surface area contributed by atoms with Crippen molar-refractivity contribution < 1.29 is 19.5 Å². The van der Waals surface area contributed by atoms with E-state index in [9.17, 15) is 19.8 Å². The monoisotopic (exact) mass is 497 g/mol. The SMILES string of the molecule is Cc1ccc([C@@H](O)Cc2noc(Cn3cnc4sc(C(=O)NCC(C)(C)O)c(C)c4c3=O)n2)cc1. The number of benzene rings is 1. The number of aliphatic hydroxyl groups is 2. The molecule has 0 aliphatic carbocycles. The van der Waals surface area contributed by atoms with Crippen LogP contribution >= 0.6 is 11.3 Å². The number of hydrogen-bond donors (Lipinski definition) is 3. The number of aryl methyl sites for hydroxylation is 2. The van der Waals surface area contributed by atoms with Gasteiger partial charge in [0, 0.05) is 13.0 Å². The van der Waals surface area contributed by atoms with E-state index in [1.165, 1.54) is 10.9 Å². The number of fused-ring (bicyclic) bond motifs is 1. The fourth-order valence-electron chi connectivity index (χ4n) is 3.53. The lowest BCUT2D eigenvalue weighted by Gasteiger charge is -2.17. The van der Waals surface area contributed by atoms with Crippen molar-refractivity contribution in [3.8, 4) is 0 Å². The Bertz CT molecular complexity index is 1420. The van der Waals surface area contributed by atoms with Crippen LogP contribution in [0.4, 0.5) is 0 Å². The van der Waals surface area contributed by atoms with Gasteiger partial charge in [0.2, 0.25) is 5.89 Å². The van der Waals surface area contributed by atoms with Crippen LogP contribution in [0, 0.1) is 13.8 Å². The summed E-state index contributed by atoms with van der Waals surface area (Å²) < 4.78 is 6.63. The van der Waals surface area contributed by atoms with E-state index in [1.807, 2.05) is 31.2 Å². The second kappa shape index (κ2) is 9.68. The van der Waals surface area contributed by atoms with E-state index < -0.39 is 11.7 Å². The van der Waals surface area contributed by atoms with Gasteiger partial charge in [-0.05, 0) is 38.8 Å². The minimum Gasteiger partial charge on any atom is -0.389 e. The molecule has 0 aliphatic rings. The van der Waals surface area contributed by atoms with Gasteiger partial charge in [0.05, 0.1) is 28.3 Å². The van der Waals surface area contributed by atoms with E-state index in [0.29, 0.717) is 26.5 Å². The van der Waals surface area contributed by atoms with Crippen LogP contribution in [0.3, 0.4) is 0 Å². The fraction of sp³-hybridized carbons (Fsp3) is 0.375. The predicted octanol–water partition coefficient (Wildman–Crippen LogP) is 2.28. The lowest BCUT2D eigenvalue weighted by Crippen LogP contribution is -2.38. The molecule has 1 aromatic carbocycles. The van der Waals surface area contributed by atoms with Crippen molar-refractivity contribution >= 4 is 27.5 Å². The van der Waals surface area contributed by atoms with E-state index in [2.05, 4.69) is 20.4 Å². The smallest absolute Gasteiger partial charge is 0.262 e. The molecule has 0 unspecified atom stereocenters. The normalized spacial score (nSPS) is 12.7. The van der Waals surface area contributed by atoms with Gasteiger partial charge in [-0.1, -0.05) is 35.0 Å². The summed E-state index contributed by atoms with van der Waals surface area (Å²) in [5.41, 5.74) is 0.997. The average molecular weight is 498 g/mol. The van der Waals surface area contributed by atoms with Gasteiger partial charge in [-0.3, -0.25) is 14.2 Å². The maximum absolute atomic E-state index is 13.1. The molecule has 3 aromatic heterocycles. The molecule has 0 spiro atoms. The summed E-state index contributed by atoms with van der Waals surface area (Å²) in [4.78, 5) is 35.2. The Hall–Kier alpha value is -3.41. The molecule has 0 fully saturated rings. The predicted molar refractivity (Wildman–Crippen MR) is 130 cm³/mol. The maximum Gasteiger partial charge on any atom is 0.262 e. The molecule has 3 heterocycles. The quantitative estimate of drug-likeness (QED) is 0.336. The van der Waals surface area contributed by atoms with Crippen molar-refractivity contribution in [2.45, 2.75) is 52.4 Å². The molecule has 4 rings (SSSR count). The zero-order chi connectivity index (χ0) is 25.3. The van der Waals surface area contributed by atoms with Crippen LogP contribution < -0.4 is 10.9 Å². The van der Waals surface area contributed by atoms with Crippen molar-refractivity contribution in [1.82, 2.24) is 25.0 Å². The third-order valence-corrected chi connectivity index (χ3v) is 6.66. The number of aromatic nitrogens is 4. The minimum absolute atomic E-state index is 0.00488. The molecule has 10 nitrogen and oxygen atoms in total. The van der Waals surface area contributed by atoms with Gasteiger partial charge in [0.1, 0.15) is 11.4 Å². The van der Waals surface area contributed by atoms with Crippen molar-refractivity contribution in [3.63, 3.8) is 0 Å². The summed E-state index contributed by atoms with van der Waals surface area (Å²) in [5.74, 6) is 0.162. The molecule has 1 amide bonds. The lowest BCUT2D eigenvalue weighted by molar-refractivity contribution is 0.0696. The van der Waals surface area contributed by atoms with Crippen molar-refractivity contribution in [1.29, 1.82) is 0 Å². The number of aliphatic hydroxyl groups excluding tert-OH is 1. The highest BCUT2D eigenvalue weighted by atomic mass is 32.1. The highest BCUT2D eigenvalue weighted by molar-refractivity contribution is 7.20. The highest BCUT2D eigenvalue weighted by Crippen LogP contribution is 2.27. The molecule has 0 radical (unpaired) electrons. The number of carbonyl (C=O) groups excluding carboxylic acids is 1. The number of nitrogens with zero attached hydrogens (tertiary/aromatic N) is 4. The van der Waals surface area contributed by atoms with Gasteiger partial charge < -0.3 is 20.1 Å². The minimum atomic E-state index is -1.05. The Morgan fingerprint density at radius 2 is 1.97 bits per heavy atom. The molecular weight excluding hydrogens is 470 g/mol. The molecule has 0 bridgehead atoms. The Morgan fingerprint density at radius 1 is 1.26 bits per heavy atom. The van der Waals surface area contributed by atoms with Crippen LogP contribution in [0.15, 0.2) is 39.9 Å². The summed E-state index contributed by atoms with van der Waals surface area (Å²) in [6, 6.07) is 7.54. The molecule has 4 aromatic rings. The largest absolute Gasteiger partial charge is 0.389 e. The Morgan fingerprint density at radius 3 is 2.66 bits per heavy atom. The molecular formula is C24H27N5O5S. The van der Waals surface area contributed by atoms with Gasteiger partial charge in [-0.2, -0.15) is 4.98 Å². The van der Waals surface area contributed by atoms with Gasteiger partial charge in [0.25, 0.3) is 11.5 Å². The molecule has 3 N–H and O–H groups in total. The third-order valence-electron chi connectivity index (χ3n) is 5.46. The van der Waals surface area contributed by atoms with Crippen molar-refractivity contribution in [2.24, 2.45) is 0 Å². The second-order valence-corrected chi connectivity index (χ2v) is 10.1. The van der Waals surface area contributed by atoms with Gasteiger partial charge in [0.15, 0.2) is 5.82 Å². The van der Waals surface area contributed by atoms with Crippen LogP contribution in [0.1, 0.15) is 58.0 Å². The molecule has 0 aliphatic heterocycles. The second-order valence-electron chi connectivity index (χ2n) is 9.14. The average Bonchev–Trinajstić information content (AvgIpc) is 3.38. The number of amides is 1. The Balaban J connectivity index is 1.51. The number of thiophene rings is 1. The molecule has 184 valence electrons. The first kappa shape index (κ1) is 24.7. The summed E-state index contributed by atoms with van der Waals surface area (Å²) in [6.07, 6.45) is 0.770. The van der Waals surface area contributed by atoms with E-state index in [4.69, 9.17) is 4.52 Å². The van der Waals surface area contributed by atoms with Crippen LogP contribution in [0.25, 0.3) is 10.2 Å². The van der Waals surface area contributed by atoms with Gasteiger partial charge in [-0.25, -0.2) is 4.98 Å². The Kier molecular flexibility index (Phi) is 6.84. The van der Waals surface area contributed by atoms with E-state index in [-0.39, 0.29) is 36.9 Å². The standard InChI is InChI=1S/C24H27N5O5S/c1-13-5-7-15(8-6-13)16(30)9-17-27-18(34-28-17)10-29-12-26-22-19(23(29)32)14(2)20(35-22)21(31)25-11-24(3,4)33/h5-8,12,16,30,33H,9-11H2,1-4H3,(H,25,31)/t16-/m0/s1. The van der Waals surface area contributed by atoms with Gasteiger partial charge >= 0.3 is 0 Å². The summed E-state index contributed by atoms with van der Waals surface area (Å²) in [6.45, 7) is 6.94. The highest BCUT2D eigenvalue weighted by Gasteiger charge is 2.22. The number of nitrogens with one attached hydrogen (secondary N) is 1. The fourth-order valence-corrected chi connectivity index (χ4v) is 4.58. The van der Waals surface area contributed by atoms with Crippen LogP contribution in [0.2, 0.25) is 0 Å². The molecule has 1 atom stereocenters. The first-order chi connectivity index (χ1) is 16.5. The summed E-state index contributed by atoms with van der Waals surface area (Å²) in [5, 5.41) is 27.3. The van der Waals surface area contributed by atoms with Gasteiger partial charge in [-0.15, -0.1) is 11.3 Å². The van der Waals surface area contributed by atoms with Crippen LogP contribution in [-0.2, 0) is 13.0 Å². The van der Waals surface area contributed by atoms with Crippen LogP contribution in [-0.4, -0.2) is 48.0 Å². The third kappa shape index (κ3) is 5.64. The summed E-state index contributed by atoms with van der Waals surface area (Å²) >= 11 is 1.12. The number of hydrogen-bond acceptors (Lipinski definition) is 9. The van der Waals surface area contributed by atoms with Crippen molar-refractivity contribution in [3.05, 3.63) is 74.2 Å². The zero-order valence-electron chi connectivity index (χ0n) is 19.9. The molecule has 0 saturated carbocycles. The molecule has 0 saturated heterocycles. The lowest BCUT2D eigenvalue weighted by atomic mass is 10.0. The maximum atomic E-state index is 13.1. The topological polar surface area (TPSA) is 143 Å². The first-order valence-electron chi connectivity index (χ1n) is 11.1. The van der Waals surface area contributed by atoms with Crippen molar-refractivity contribution in [2.75, 3.05) is 6.54 Å². The number of carbonyl (C=O) groups is 1. The van der Waals surface area contributed by atoms with E-state index in [0.717, 1.165) is 22.5 Å². The van der Waals surface area contributed by atoms with Crippen LogP contribution in [0.5, 0.6) is 0 Å². The first-order valence-corrected chi connectivity index (χ1v) is 11.9. The summed E-state index contributed by atoms with van der Waals surface area (Å²) in [7, 11) is 0. The molecule has 11 heteroatoms. The zero-order valence-corrected chi connectivity index (χ0v) is 20.7. The van der Waals surface area contributed by atoms with E-state index >= 15 is 0 Å². The number of rotatable bonds is 8. The Labute approximate surface area is 205 Å². The van der Waals surface area contributed by atoms with E-state index in [1.54, 1.807) is 20.8 Å².